The van der Waals surface area contributed by atoms with E-state index in [1.165, 1.54) is 24.5 Å². The number of aromatic nitrogens is 1. The van der Waals surface area contributed by atoms with E-state index < -0.39 is 11.6 Å². The van der Waals surface area contributed by atoms with Gasteiger partial charge in [-0.1, -0.05) is 6.08 Å². The van der Waals surface area contributed by atoms with Gasteiger partial charge in [-0.15, -0.1) is 6.58 Å². The Morgan fingerprint density at radius 2 is 2.10 bits per heavy atom. The summed E-state index contributed by atoms with van der Waals surface area (Å²) < 4.78 is 26.4. The van der Waals surface area contributed by atoms with Gasteiger partial charge in [0, 0.05) is 18.8 Å². The van der Waals surface area contributed by atoms with Crippen molar-refractivity contribution in [1.82, 2.24) is 10.3 Å². The molecule has 0 radical (unpaired) electrons. The lowest BCUT2D eigenvalue weighted by Gasteiger charge is -2.09. The van der Waals surface area contributed by atoms with Crippen LogP contribution in [0.1, 0.15) is 10.4 Å². The molecule has 0 atom stereocenters. The lowest BCUT2D eigenvalue weighted by atomic mass is 10.2. The van der Waals surface area contributed by atoms with Crippen LogP contribution in [0.2, 0.25) is 0 Å². The second-order valence-corrected chi connectivity index (χ2v) is 4.21. The predicted molar refractivity (Wildman–Crippen MR) is 76.4 cm³/mol. The number of nitrogens with zero attached hydrogens (tertiary/aromatic N) is 1. The largest absolute Gasteiger partial charge is 0.352 e. The van der Waals surface area contributed by atoms with E-state index in [1.807, 2.05) is 0 Å². The number of rotatable bonds is 5. The van der Waals surface area contributed by atoms with Gasteiger partial charge in [0.15, 0.2) is 0 Å². The number of halogens is 2. The van der Waals surface area contributed by atoms with Crippen LogP contribution in [-0.4, -0.2) is 17.4 Å². The van der Waals surface area contributed by atoms with Crippen LogP contribution in [0.25, 0.3) is 0 Å². The van der Waals surface area contributed by atoms with Crippen LogP contribution < -0.4 is 10.6 Å². The van der Waals surface area contributed by atoms with Crippen molar-refractivity contribution in [3.63, 3.8) is 0 Å². The predicted octanol–water partition coefficient (Wildman–Crippen LogP) is 3.02. The van der Waals surface area contributed by atoms with Gasteiger partial charge in [-0.2, -0.15) is 0 Å². The number of pyridine rings is 1. The summed E-state index contributed by atoms with van der Waals surface area (Å²) in [4.78, 5) is 15.7. The minimum absolute atomic E-state index is 0.0989. The van der Waals surface area contributed by atoms with E-state index in [0.29, 0.717) is 17.8 Å². The lowest BCUT2D eigenvalue weighted by Crippen LogP contribution is -2.23. The molecule has 0 unspecified atom stereocenters. The minimum Gasteiger partial charge on any atom is -0.352 e. The van der Waals surface area contributed by atoms with Gasteiger partial charge in [0.25, 0.3) is 5.91 Å². The Bertz CT molecular complexity index is 674. The molecular formula is C15H13F2N3O. The molecule has 4 nitrogen and oxygen atoms in total. The van der Waals surface area contributed by atoms with Gasteiger partial charge in [0.2, 0.25) is 0 Å². The maximum atomic E-state index is 13.5. The molecule has 1 aromatic carbocycles. The molecule has 0 aliphatic heterocycles. The molecular weight excluding hydrogens is 276 g/mol. The van der Waals surface area contributed by atoms with Crippen molar-refractivity contribution in [2.75, 3.05) is 11.9 Å². The smallest absolute Gasteiger partial charge is 0.253 e. The number of amides is 1. The number of benzene rings is 1. The van der Waals surface area contributed by atoms with Gasteiger partial charge >= 0.3 is 0 Å². The maximum Gasteiger partial charge on any atom is 0.253 e. The van der Waals surface area contributed by atoms with Crippen molar-refractivity contribution < 1.29 is 13.6 Å². The van der Waals surface area contributed by atoms with Gasteiger partial charge in [-0.25, -0.2) is 8.78 Å². The second kappa shape index (κ2) is 6.60. The highest BCUT2D eigenvalue weighted by atomic mass is 19.1. The number of hydrogen-bond donors (Lipinski definition) is 2. The molecule has 108 valence electrons. The fourth-order valence-corrected chi connectivity index (χ4v) is 1.65. The molecule has 0 aliphatic carbocycles. The number of carbonyl (C=O) groups excluding carboxylic acids is 1. The fourth-order valence-electron chi connectivity index (χ4n) is 1.65. The van der Waals surface area contributed by atoms with E-state index in [1.54, 1.807) is 6.08 Å². The van der Waals surface area contributed by atoms with Gasteiger partial charge in [-0.05, 0) is 18.2 Å². The first-order chi connectivity index (χ1) is 10.1. The Hall–Kier alpha value is -2.76. The fraction of sp³-hybridized carbons (Fsp3) is 0.0667. The Morgan fingerprint density at radius 1 is 1.29 bits per heavy atom. The van der Waals surface area contributed by atoms with Crippen LogP contribution >= 0.6 is 0 Å². The highest BCUT2D eigenvalue weighted by Gasteiger charge is 2.08. The van der Waals surface area contributed by atoms with Crippen LogP contribution in [0.15, 0.2) is 49.3 Å². The van der Waals surface area contributed by atoms with E-state index >= 15 is 0 Å². The lowest BCUT2D eigenvalue weighted by molar-refractivity contribution is 0.0957. The van der Waals surface area contributed by atoms with Gasteiger partial charge in [0.1, 0.15) is 11.6 Å². The van der Waals surface area contributed by atoms with Crippen molar-refractivity contribution in [1.29, 1.82) is 0 Å². The van der Waals surface area contributed by atoms with Crippen molar-refractivity contribution in [3.8, 4) is 0 Å². The monoisotopic (exact) mass is 289 g/mol. The topological polar surface area (TPSA) is 54.0 Å². The summed E-state index contributed by atoms with van der Waals surface area (Å²) in [5.74, 6) is -1.70. The molecule has 1 aromatic heterocycles. The molecule has 6 heteroatoms. The molecule has 1 amide bonds. The molecule has 0 saturated carbocycles. The zero-order valence-electron chi connectivity index (χ0n) is 11.1. The molecule has 0 spiro atoms. The molecule has 2 N–H and O–H groups in total. The van der Waals surface area contributed by atoms with Crippen LogP contribution in [0.5, 0.6) is 0 Å². The summed E-state index contributed by atoms with van der Waals surface area (Å²) in [6, 6.07) is 4.71. The Balaban J connectivity index is 2.17. The summed E-state index contributed by atoms with van der Waals surface area (Å²) in [7, 11) is 0. The van der Waals surface area contributed by atoms with Gasteiger partial charge in [-0.3, -0.25) is 9.78 Å². The van der Waals surface area contributed by atoms with Crippen LogP contribution in [-0.2, 0) is 0 Å². The Morgan fingerprint density at radius 3 is 2.81 bits per heavy atom. The zero-order chi connectivity index (χ0) is 15.2. The second-order valence-electron chi connectivity index (χ2n) is 4.21. The van der Waals surface area contributed by atoms with Crippen molar-refractivity contribution in [2.24, 2.45) is 0 Å². The molecule has 0 aliphatic rings. The minimum atomic E-state index is -0.725. The Kier molecular flexibility index (Phi) is 4.61. The van der Waals surface area contributed by atoms with E-state index in [2.05, 4.69) is 22.2 Å². The molecule has 0 saturated heterocycles. The number of hydrogen-bond acceptors (Lipinski definition) is 3. The van der Waals surface area contributed by atoms with E-state index in [0.717, 1.165) is 12.1 Å². The van der Waals surface area contributed by atoms with Crippen LogP contribution in [0.3, 0.4) is 0 Å². The normalized spacial score (nSPS) is 10.0. The van der Waals surface area contributed by atoms with E-state index in [9.17, 15) is 13.6 Å². The summed E-state index contributed by atoms with van der Waals surface area (Å²) >= 11 is 0. The number of carbonyl (C=O) groups is 1. The molecule has 2 rings (SSSR count). The van der Waals surface area contributed by atoms with Crippen molar-refractivity contribution in [3.05, 3.63) is 66.5 Å². The van der Waals surface area contributed by atoms with Gasteiger partial charge < -0.3 is 10.6 Å². The molecule has 0 bridgehead atoms. The molecule has 0 fully saturated rings. The zero-order valence-corrected chi connectivity index (χ0v) is 11.1. The summed E-state index contributed by atoms with van der Waals surface area (Å²) in [5.41, 5.74) is 0.845. The number of anilines is 2. The standard InChI is InChI=1S/C15H13F2N3O/c1-2-5-19-15(21)10-6-12(9-18-8-10)20-14-4-3-11(16)7-13(14)17/h2-4,6-9,20H,1,5H2,(H,19,21). The van der Waals surface area contributed by atoms with Crippen LogP contribution in [0, 0.1) is 11.6 Å². The average molecular weight is 289 g/mol. The highest BCUT2D eigenvalue weighted by Crippen LogP contribution is 2.20. The molecule has 1 heterocycles. The van der Waals surface area contributed by atoms with E-state index in [4.69, 9.17) is 0 Å². The van der Waals surface area contributed by atoms with E-state index in [-0.39, 0.29) is 11.6 Å². The van der Waals surface area contributed by atoms with Crippen molar-refractivity contribution >= 4 is 17.3 Å². The van der Waals surface area contributed by atoms with Gasteiger partial charge in [0.05, 0.1) is 23.1 Å². The average Bonchev–Trinajstić information content (AvgIpc) is 2.48. The summed E-state index contributed by atoms with van der Waals surface area (Å²) in [6.45, 7) is 3.84. The summed E-state index contributed by atoms with van der Waals surface area (Å²) in [5, 5.41) is 5.36. The molecule has 2 aromatic rings. The maximum absolute atomic E-state index is 13.5. The third kappa shape index (κ3) is 3.85. The highest BCUT2D eigenvalue weighted by molar-refractivity contribution is 5.94. The quantitative estimate of drug-likeness (QED) is 0.832. The third-order valence-electron chi connectivity index (χ3n) is 2.62. The SMILES string of the molecule is C=CCNC(=O)c1cncc(Nc2ccc(F)cc2F)c1. The first kappa shape index (κ1) is 14.6. The summed E-state index contributed by atoms with van der Waals surface area (Å²) in [6.07, 6.45) is 4.39. The van der Waals surface area contributed by atoms with Crippen LogP contribution in [0.4, 0.5) is 20.2 Å². The first-order valence-corrected chi connectivity index (χ1v) is 6.16. The first-order valence-electron chi connectivity index (χ1n) is 6.16. The van der Waals surface area contributed by atoms with Crippen molar-refractivity contribution in [2.45, 2.75) is 0 Å². The Labute approximate surface area is 120 Å². The molecule has 21 heavy (non-hydrogen) atoms. The third-order valence-corrected chi connectivity index (χ3v) is 2.62. The number of nitrogens with one attached hydrogen (secondary N) is 2.